The fraction of sp³-hybridized carbons (Fsp3) is 0.784. The molecule has 12 N–H and O–H groups in total. The van der Waals surface area contributed by atoms with E-state index in [-0.39, 0.29) is 75.5 Å². The number of aliphatic carboxylic acids is 2. The first-order valence-electron chi connectivity index (χ1n) is 27.4. The number of likely N-dealkylation sites (tertiary alicyclic amines) is 5. The van der Waals surface area contributed by atoms with E-state index in [1.54, 1.807) is 6.92 Å². The number of carbonyl (C=O) groups is 11. The molecule has 75 heavy (non-hydrogen) atoms. The summed E-state index contributed by atoms with van der Waals surface area (Å²) in [4.78, 5) is 156. The molecule has 0 bridgehead atoms. The molecule has 5 heterocycles. The van der Waals surface area contributed by atoms with E-state index in [1.807, 2.05) is 27.7 Å². The molecular weight excluding hydrogens is 975 g/mol. The van der Waals surface area contributed by atoms with E-state index < -0.39 is 120 Å². The van der Waals surface area contributed by atoms with E-state index in [0.717, 1.165) is 0 Å². The molecule has 0 aromatic heterocycles. The van der Waals surface area contributed by atoms with Gasteiger partial charge in [0.15, 0.2) is 6.04 Å². The predicted octanol–water partition coefficient (Wildman–Crippen LogP) is -2.04. The van der Waals surface area contributed by atoms with Crippen molar-refractivity contribution in [2.75, 3.05) is 39.3 Å². The number of nitrogens with one attached hydrogen (secondary N) is 4. The molecule has 24 nitrogen and oxygen atoms in total. The SMILES string of the molecule is CC(C)C[C@H](NC(=O)[C@@H]1CCCN1C(=O)[C@@H]1CCCN1C(=O)[C@H](CCCC[NH3+])NC(=O)[C@@H]1CCCN1C(=O)[C@@H]1CCCN1C(=O)[C@H](C)NC(=O)[C@@H]([NH3+])CC(C)C)C(=O)N1CCC[C@H]1C(=O)N[C@@H](CCC(=O)O)C(=O)O. The zero-order valence-electron chi connectivity index (χ0n) is 44.7. The molecule has 0 spiro atoms. The minimum Gasteiger partial charge on any atom is -0.481 e. The van der Waals surface area contributed by atoms with Crippen LogP contribution in [-0.4, -0.2) is 200 Å². The second-order valence-corrected chi connectivity index (χ2v) is 21.9. The van der Waals surface area contributed by atoms with Crippen molar-refractivity contribution in [1.82, 2.24) is 45.8 Å². The Morgan fingerprint density at radius 2 is 0.893 bits per heavy atom. The molecule has 0 unspecified atom stereocenters. The third-order valence-corrected chi connectivity index (χ3v) is 15.2. The molecule has 10 atom stereocenters. The van der Waals surface area contributed by atoms with Gasteiger partial charge in [0.1, 0.15) is 54.4 Å². The van der Waals surface area contributed by atoms with Crippen LogP contribution in [0.2, 0.25) is 0 Å². The largest absolute Gasteiger partial charge is 0.481 e. The van der Waals surface area contributed by atoms with Crippen LogP contribution in [0.5, 0.6) is 0 Å². The van der Waals surface area contributed by atoms with Crippen LogP contribution in [0.4, 0.5) is 0 Å². The van der Waals surface area contributed by atoms with Crippen LogP contribution in [0.25, 0.3) is 0 Å². The normalized spacial score (nSPS) is 23.7. The summed E-state index contributed by atoms with van der Waals surface area (Å²) in [5, 5.41) is 29.7. The van der Waals surface area contributed by atoms with Gasteiger partial charge in [-0.15, -0.1) is 0 Å². The van der Waals surface area contributed by atoms with Crippen molar-refractivity contribution >= 4 is 65.1 Å². The van der Waals surface area contributed by atoms with Crippen molar-refractivity contribution in [1.29, 1.82) is 0 Å². The van der Waals surface area contributed by atoms with E-state index in [1.165, 1.54) is 24.5 Å². The lowest BCUT2D eigenvalue weighted by atomic mass is 10.0. The fourth-order valence-corrected chi connectivity index (χ4v) is 11.4. The smallest absolute Gasteiger partial charge is 0.326 e. The Kier molecular flexibility index (Phi) is 22.2. The van der Waals surface area contributed by atoms with E-state index >= 15 is 0 Å². The highest BCUT2D eigenvalue weighted by Crippen LogP contribution is 2.29. The third kappa shape index (κ3) is 15.6. The lowest BCUT2D eigenvalue weighted by Crippen LogP contribution is -2.69. The maximum atomic E-state index is 14.7. The van der Waals surface area contributed by atoms with Gasteiger partial charge in [-0.25, -0.2) is 4.79 Å². The molecule has 0 aliphatic carbocycles. The van der Waals surface area contributed by atoms with Crippen LogP contribution < -0.4 is 32.7 Å². The van der Waals surface area contributed by atoms with Gasteiger partial charge in [-0.1, -0.05) is 27.7 Å². The summed E-state index contributed by atoms with van der Waals surface area (Å²) in [5.41, 5.74) is 7.86. The third-order valence-electron chi connectivity index (χ3n) is 15.2. The Hall–Kier alpha value is -5.91. The highest BCUT2D eigenvalue weighted by Gasteiger charge is 2.47. The molecule has 420 valence electrons. The van der Waals surface area contributed by atoms with Crippen LogP contribution in [0.3, 0.4) is 0 Å². The van der Waals surface area contributed by atoms with Gasteiger partial charge >= 0.3 is 11.9 Å². The lowest BCUT2D eigenvalue weighted by molar-refractivity contribution is -0.406. The van der Waals surface area contributed by atoms with Crippen molar-refractivity contribution in [3.63, 3.8) is 0 Å². The van der Waals surface area contributed by atoms with Crippen molar-refractivity contribution in [3.05, 3.63) is 0 Å². The summed E-state index contributed by atoms with van der Waals surface area (Å²) in [7, 11) is 0. The molecule has 0 radical (unpaired) electrons. The van der Waals surface area contributed by atoms with E-state index in [2.05, 4.69) is 32.7 Å². The highest BCUT2D eigenvalue weighted by molar-refractivity contribution is 5.99. The maximum absolute atomic E-state index is 14.7. The van der Waals surface area contributed by atoms with Crippen LogP contribution >= 0.6 is 0 Å². The highest BCUT2D eigenvalue weighted by atomic mass is 16.4. The van der Waals surface area contributed by atoms with Crippen molar-refractivity contribution in [2.45, 2.75) is 204 Å². The van der Waals surface area contributed by atoms with Gasteiger partial charge in [0.05, 0.1) is 6.54 Å². The number of hydrogen-bond acceptors (Lipinski definition) is 11. The van der Waals surface area contributed by atoms with Gasteiger partial charge < -0.3 is 67.4 Å². The summed E-state index contributed by atoms with van der Waals surface area (Å²) < 4.78 is 0. The molecule has 0 saturated carbocycles. The van der Waals surface area contributed by atoms with Gasteiger partial charge in [0, 0.05) is 45.6 Å². The van der Waals surface area contributed by atoms with Gasteiger partial charge in [0.25, 0.3) is 5.91 Å². The summed E-state index contributed by atoms with van der Waals surface area (Å²) in [6.07, 6.45) is 5.45. The Morgan fingerprint density at radius 3 is 1.35 bits per heavy atom. The van der Waals surface area contributed by atoms with Gasteiger partial charge in [0.2, 0.25) is 47.3 Å². The average Bonchev–Trinajstić information content (AvgIpc) is 4.22. The second-order valence-electron chi connectivity index (χ2n) is 21.9. The van der Waals surface area contributed by atoms with Crippen molar-refractivity contribution < 1.29 is 74.4 Å². The summed E-state index contributed by atoms with van der Waals surface area (Å²) in [6.45, 7) is 11.1. The Bertz CT molecular complexity index is 2110. The van der Waals surface area contributed by atoms with E-state index in [4.69, 9.17) is 5.11 Å². The van der Waals surface area contributed by atoms with E-state index in [0.29, 0.717) is 90.1 Å². The number of unbranched alkanes of at least 4 members (excludes halogenated alkanes) is 1. The van der Waals surface area contributed by atoms with Crippen LogP contribution in [-0.2, 0) is 52.7 Å². The van der Waals surface area contributed by atoms with Gasteiger partial charge in [-0.3, -0.25) is 47.9 Å². The Balaban J connectivity index is 1.24. The molecule has 5 rings (SSSR count). The molecule has 24 heteroatoms. The number of amides is 9. The Morgan fingerprint density at radius 1 is 0.493 bits per heavy atom. The average molecular weight is 1060 g/mol. The number of nitrogens with zero attached hydrogens (tertiary/aromatic N) is 5. The number of quaternary nitrogens is 2. The molecule has 9 amide bonds. The number of hydrogen-bond donors (Lipinski definition) is 8. The fourth-order valence-electron chi connectivity index (χ4n) is 11.4. The van der Waals surface area contributed by atoms with Crippen LogP contribution in [0.15, 0.2) is 0 Å². The number of rotatable bonds is 25. The second kappa shape index (κ2) is 27.8. The van der Waals surface area contributed by atoms with Crippen molar-refractivity contribution in [3.8, 4) is 0 Å². The predicted molar refractivity (Wildman–Crippen MR) is 269 cm³/mol. The summed E-state index contributed by atoms with van der Waals surface area (Å²) in [5.74, 6) is -6.84. The number of carboxylic acid groups (broad SMARTS) is 2. The summed E-state index contributed by atoms with van der Waals surface area (Å²) in [6, 6.07) is -9.71. The molecule has 5 aliphatic rings. The molecule has 0 aromatic rings. The minimum atomic E-state index is -1.48. The molecule has 0 aromatic carbocycles. The van der Waals surface area contributed by atoms with Gasteiger partial charge in [-0.2, -0.15) is 0 Å². The zero-order chi connectivity index (χ0) is 55.3. The number of carbonyl (C=O) groups excluding carboxylic acids is 9. The standard InChI is InChI=1S/C51H83N11O13/c1-29(2)27-32(53)42(65)54-31(5)46(69)61-25-11-17-39(61)49(72)59-23-9-15-37(59)43(66)55-33(13-6-7-21-52)47(70)62-26-12-18-40(62)50(73)60-24-10-16-38(60)45(68)57-35(28-30(3)4)48(71)58-22-8-14-36(58)44(67)56-34(51(74)75)19-20-41(63)64/h29-40H,6-28,52-53H2,1-5H3,(H,54,65)(H,55,66)(H,56,67)(H,57,68)(H,63,64)(H,74,75)/p+2/t31-,32-,33-,34-,35-,36-,37-,38-,39-,40-/m0/s1. The molecular formula is C51H85N11O13+2. The maximum Gasteiger partial charge on any atom is 0.326 e. The molecule has 5 fully saturated rings. The first-order valence-corrected chi connectivity index (χ1v) is 27.4. The van der Waals surface area contributed by atoms with Crippen LogP contribution in [0, 0.1) is 11.8 Å². The summed E-state index contributed by atoms with van der Waals surface area (Å²) >= 11 is 0. The Labute approximate surface area is 439 Å². The topological polar surface area (TPSA) is 348 Å². The van der Waals surface area contributed by atoms with E-state index in [9.17, 15) is 57.8 Å². The van der Waals surface area contributed by atoms with Crippen molar-refractivity contribution in [2.24, 2.45) is 11.8 Å². The lowest BCUT2D eigenvalue weighted by Gasteiger charge is -2.35. The quantitative estimate of drug-likeness (QED) is 0.0458. The molecule has 5 saturated heterocycles. The minimum absolute atomic E-state index is 0.0920. The van der Waals surface area contributed by atoms with Gasteiger partial charge in [-0.05, 0) is 115 Å². The number of carboxylic acids is 2. The van der Waals surface area contributed by atoms with Crippen LogP contribution in [0.1, 0.15) is 144 Å². The first kappa shape index (κ1) is 60.0. The monoisotopic (exact) mass is 1060 g/mol. The molecule has 5 aliphatic heterocycles. The zero-order valence-corrected chi connectivity index (χ0v) is 44.7. The first-order chi connectivity index (χ1) is 35.5.